The molecule has 74 valence electrons. The lowest BCUT2D eigenvalue weighted by molar-refractivity contribution is -0.119. The van der Waals surface area contributed by atoms with Crippen LogP contribution in [0.5, 0.6) is 5.75 Å². The van der Waals surface area contributed by atoms with Crippen molar-refractivity contribution in [3.63, 3.8) is 0 Å². The first-order valence-corrected chi connectivity index (χ1v) is 4.82. The van der Waals surface area contributed by atoms with E-state index in [1.807, 2.05) is 0 Å². The number of halogens is 1. The summed E-state index contributed by atoms with van der Waals surface area (Å²) in [5.74, 6) is 0.196. The molecule has 1 heterocycles. The molecule has 3 nitrogen and oxygen atoms in total. The lowest BCUT2D eigenvalue weighted by atomic mass is 10.1. The SMILES string of the molecule is O=C1CC[C@H](c2ccc(O)cc2Cl)N1. The monoisotopic (exact) mass is 211 g/mol. The van der Waals surface area contributed by atoms with Crippen LogP contribution < -0.4 is 5.32 Å². The lowest BCUT2D eigenvalue weighted by Gasteiger charge is -2.12. The summed E-state index contributed by atoms with van der Waals surface area (Å²) in [6, 6.07) is 4.80. The molecule has 1 aliphatic rings. The van der Waals surface area contributed by atoms with Crippen LogP contribution in [0, 0.1) is 0 Å². The second-order valence-corrected chi connectivity index (χ2v) is 3.77. The van der Waals surface area contributed by atoms with Gasteiger partial charge in [-0.15, -0.1) is 0 Å². The zero-order valence-corrected chi connectivity index (χ0v) is 8.21. The Morgan fingerprint density at radius 3 is 2.86 bits per heavy atom. The van der Waals surface area contributed by atoms with Crippen molar-refractivity contribution in [3.8, 4) is 5.75 Å². The van der Waals surface area contributed by atoms with E-state index in [0.29, 0.717) is 11.4 Å². The quantitative estimate of drug-likeness (QED) is 0.747. The highest BCUT2D eigenvalue weighted by Gasteiger charge is 2.23. The number of aromatic hydroxyl groups is 1. The molecule has 14 heavy (non-hydrogen) atoms. The first kappa shape index (κ1) is 9.34. The Labute approximate surface area is 86.7 Å². The Bertz CT molecular complexity index is 378. The molecule has 0 bridgehead atoms. The van der Waals surface area contributed by atoms with E-state index < -0.39 is 0 Å². The van der Waals surface area contributed by atoms with Crippen molar-refractivity contribution in [1.82, 2.24) is 5.32 Å². The second-order valence-electron chi connectivity index (χ2n) is 3.36. The number of phenolic OH excluding ortho intramolecular Hbond substituents is 1. The highest BCUT2D eigenvalue weighted by Crippen LogP contribution is 2.31. The maximum absolute atomic E-state index is 11.0. The minimum absolute atomic E-state index is 0.00407. The van der Waals surface area contributed by atoms with Gasteiger partial charge < -0.3 is 10.4 Å². The van der Waals surface area contributed by atoms with E-state index in [1.54, 1.807) is 12.1 Å². The standard InChI is InChI=1S/C10H10ClNO2/c11-8-5-6(13)1-2-7(8)9-3-4-10(14)12-9/h1-2,5,9,13H,3-4H2,(H,12,14)/t9-/m1/s1. The van der Waals surface area contributed by atoms with Gasteiger partial charge in [0.15, 0.2) is 0 Å². The summed E-state index contributed by atoms with van der Waals surface area (Å²) >= 11 is 5.95. The van der Waals surface area contributed by atoms with Gasteiger partial charge in [0.05, 0.1) is 6.04 Å². The van der Waals surface area contributed by atoms with Crippen LogP contribution in [0.2, 0.25) is 5.02 Å². The number of hydrogen-bond acceptors (Lipinski definition) is 2. The molecule has 2 N–H and O–H groups in total. The van der Waals surface area contributed by atoms with Crippen molar-refractivity contribution in [3.05, 3.63) is 28.8 Å². The van der Waals surface area contributed by atoms with Crippen molar-refractivity contribution in [1.29, 1.82) is 0 Å². The van der Waals surface area contributed by atoms with Crippen LogP contribution in [0.4, 0.5) is 0 Å². The van der Waals surface area contributed by atoms with E-state index in [0.717, 1.165) is 12.0 Å². The van der Waals surface area contributed by atoms with Gasteiger partial charge in [-0.1, -0.05) is 17.7 Å². The number of nitrogens with one attached hydrogen (secondary N) is 1. The fourth-order valence-corrected chi connectivity index (χ4v) is 1.95. The minimum Gasteiger partial charge on any atom is -0.508 e. The van der Waals surface area contributed by atoms with Crippen molar-refractivity contribution in [2.45, 2.75) is 18.9 Å². The average molecular weight is 212 g/mol. The van der Waals surface area contributed by atoms with Crippen LogP contribution in [0.3, 0.4) is 0 Å². The summed E-state index contributed by atoms with van der Waals surface area (Å²) in [5, 5.41) is 12.5. The normalized spacial score (nSPS) is 20.9. The maximum atomic E-state index is 11.0. The maximum Gasteiger partial charge on any atom is 0.220 e. The third kappa shape index (κ3) is 1.68. The molecule has 2 rings (SSSR count). The smallest absolute Gasteiger partial charge is 0.220 e. The number of rotatable bonds is 1. The van der Waals surface area contributed by atoms with Crippen molar-refractivity contribution >= 4 is 17.5 Å². The van der Waals surface area contributed by atoms with E-state index in [-0.39, 0.29) is 17.7 Å². The van der Waals surface area contributed by atoms with Gasteiger partial charge in [0, 0.05) is 11.4 Å². The largest absolute Gasteiger partial charge is 0.508 e. The highest BCUT2D eigenvalue weighted by atomic mass is 35.5. The molecule has 1 aromatic rings. The minimum atomic E-state index is -0.00407. The van der Waals surface area contributed by atoms with Crippen LogP contribution in [-0.2, 0) is 4.79 Å². The van der Waals surface area contributed by atoms with E-state index in [4.69, 9.17) is 16.7 Å². The molecular weight excluding hydrogens is 202 g/mol. The highest BCUT2D eigenvalue weighted by molar-refractivity contribution is 6.31. The van der Waals surface area contributed by atoms with E-state index in [1.165, 1.54) is 6.07 Å². The van der Waals surface area contributed by atoms with Crippen LogP contribution in [0.1, 0.15) is 24.4 Å². The summed E-state index contributed by atoms with van der Waals surface area (Å²) < 4.78 is 0. The van der Waals surface area contributed by atoms with Gasteiger partial charge >= 0.3 is 0 Å². The molecule has 1 aromatic carbocycles. The summed E-state index contributed by atoms with van der Waals surface area (Å²) in [4.78, 5) is 11.0. The predicted molar refractivity (Wildman–Crippen MR) is 53.2 cm³/mol. The molecular formula is C10H10ClNO2. The third-order valence-corrected chi connectivity index (χ3v) is 2.68. The zero-order valence-electron chi connectivity index (χ0n) is 7.46. The van der Waals surface area contributed by atoms with Gasteiger partial charge in [-0.05, 0) is 24.1 Å². The van der Waals surface area contributed by atoms with Gasteiger partial charge in [0.2, 0.25) is 5.91 Å². The van der Waals surface area contributed by atoms with Crippen molar-refractivity contribution < 1.29 is 9.90 Å². The number of hydrogen-bond donors (Lipinski definition) is 2. The number of amides is 1. The topological polar surface area (TPSA) is 49.3 Å². The molecule has 1 saturated heterocycles. The molecule has 1 atom stereocenters. The Morgan fingerprint density at radius 1 is 1.50 bits per heavy atom. The molecule has 0 aliphatic carbocycles. The summed E-state index contributed by atoms with van der Waals surface area (Å²) in [6.45, 7) is 0. The first-order valence-electron chi connectivity index (χ1n) is 4.44. The average Bonchev–Trinajstić information content (AvgIpc) is 2.51. The fraction of sp³-hybridized carbons (Fsp3) is 0.300. The Balaban J connectivity index is 2.28. The van der Waals surface area contributed by atoms with Crippen LogP contribution in [0.25, 0.3) is 0 Å². The summed E-state index contributed by atoms with van der Waals surface area (Å²) in [5.41, 5.74) is 0.871. The van der Waals surface area contributed by atoms with Crippen LogP contribution >= 0.6 is 11.6 Å². The molecule has 0 aromatic heterocycles. The van der Waals surface area contributed by atoms with Gasteiger partial charge in [-0.3, -0.25) is 4.79 Å². The first-order chi connectivity index (χ1) is 6.66. The molecule has 1 aliphatic heterocycles. The molecule has 0 saturated carbocycles. The second kappa shape index (κ2) is 3.50. The van der Waals surface area contributed by atoms with Crippen LogP contribution in [-0.4, -0.2) is 11.0 Å². The summed E-state index contributed by atoms with van der Waals surface area (Å²) in [7, 11) is 0. The van der Waals surface area contributed by atoms with Crippen molar-refractivity contribution in [2.24, 2.45) is 0 Å². The Morgan fingerprint density at radius 2 is 2.29 bits per heavy atom. The fourth-order valence-electron chi connectivity index (χ4n) is 1.65. The van der Waals surface area contributed by atoms with Gasteiger partial charge in [0.1, 0.15) is 5.75 Å². The van der Waals surface area contributed by atoms with Crippen LogP contribution in [0.15, 0.2) is 18.2 Å². The van der Waals surface area contributed by atoms with Crippen molar-refractivity contribution in [2.75, 3.05) is 0 Å². The van der Waals surface area contributed by atoms with Gasteiger partial charge in [-0.25, -0.2) is 0 Å². The molecule has 4 heteroatoms. The Hall–Kier alpha value is -1.22. The van der Waals surface area contributed by atoms with E-state index in [9.17, 15) is 4.79 Å². The lowest BCUT2D eigenvalue weighted by Crippen LogP contribution is -2.18. The number of phenols is 1. The summed E-state index contributed by atoms with van der Waals surface area (Å²) in [6.07, 6.45) is 1.31. The molecule has 0 radical (unpaired) electrons. The Kier molecular flexibility index (Phi) is 2.33. The van der Waals surface area contributed by atoms with Gasteiger partial charge in [0.25, 0.3) is 0 Å². The number of benzene rings is 1. The van der Waals surface area contributed by atoms with E-state index in [2.05, 4.69) is 5.32 Å². The molecule has 0 unspecified atom stereocenters. The number of carbonyl (C=O) groups excluding carboxylic acids is 1. The van der Waals surface area contributed by atoms with Gasteiger partial charge in [-0.2, -0.15) is 0 Å². The molecule has 0 spiro atoms. The third-order valence-electron chi connectivity index (χ3n) is 2.35. The molecule has 1 fully saturated rings. The van der Waals surface area contributed by atoms with E-state index >= 15 is 0 Å². The molecule has 1 amide bonds. The predicted octanol–water partition coefficient (Wildman–Crippen LogP) is 2.00. The zero-order chi connectivity index (χ0) is 10.1. The number of carbonyl (C=O) groups is 1.